The second kappa shape index (κ2) is 6.19. The summed E-state index contributed by atoms with van der Waals surface area (Å²) >= 11 is 0. The first-order valence-corrected chi connectivity index (χ1v) is 8.17. The molecule has 0 bridgehead atoms. The van der Waals surface area contributed by atoms with E-state index < -0.39 is 16.0 Å². The first-order valence-electron chi connectivity index (χ1n) is 6.69. The average molecular weight is 319 g/mol. The van der Waals surface area contributed by atoms with E-state index in [1.165, 1.54) is 12.1 Å². The summed E-state index contributed by atoms with van der Waals surface area (Å²) in [5.74, 6) is -0.962. The van der Waals surface area contributed by atoms with Crippen LogP contribution in [0.5, 0.6) is 0 Å². The number of rotatable bonds is 5. The number of aryl methyl sites for hydroxylation is 2. The van der Waals surface area contributed by atoms with Gasteiger partial charge in [0.05, 0.1) is 17.0 Å². The molecule has 0 radical (unpaired) electrons. The Morgan fingerprint density at radius 3 is 2.32 bits per heavy atom. The molecule has 0 aliphatic heterocycles. The van der Waals surface area contributed by atoms with Gasteiger partial charge >= 0.3 is 5.97 Å². The van der Waals surface area contributed by atoms with Gasteiger partial charge < -0.3 is 5.11 Å². The van der Waals surface area contributed by atoms with Crippen molar-refractivity contribution in [1.82, 2.24) is 0 Å². The normalized spacial score (nSPS) is 11.2. The van der Waals surface area contributed by atoms with Gasteiger partial charge in [0, 0.05) is 0 Å². The molecule has 0 aliphatic rings. The monoisotopic (exact) mass is 319 g/mol. The van der Waals surface area contributed by atoms with E-state index in [0.29, 0.717) is 11.3 Å². The highest BCUT2D eigenvalue weighted by Crippen LogP contribution is 2.21. The molecule has 0 spiro atoms. The molecule has 116 valence electrons. The molecule has 0 aliphatic carbocycles. The van der Waals surface area contributed by atoms with E-state index in [-0.39, 0.29) is 11.3 Å². The highest BCUT2D eigenvalue weighted by Gasteiger charge is 2.15. The summed E-state index contributed by atoms with van der Waals surface area (Å²) in [7, 11) is -3.70. The van der Waals surface area contributed by atoms with Crippen molar-refractivity contribution in [3.05, 3.63) is 59.2 Å². The molecule has 0 amide bonds. The second-order valence-electron chi connectivity index (χ2n) is 5.14. The molecule has 5 nitrogen and oxygen atoms in total. The minimum absolute atomic E-state index is 0.153. The minimum Gasteiger partial charge on any atom is -0.481 e. The van der Waals surface area contributed by atoms with E-state index in [0.717, 1.165) is 11.1 Å². The third-order valence-corrected chi connectivity index (χ3v) is 4.61. The van der Waals surface area contributed by atoms with Gasteiger partial charge in [0.15, 0.2) is 0 Å². The average Bonchev–Trinajstić information content (AvgIpc) is 2.42. The number of carbonyl (C=O) groups is 1. The number of anilines is 1. The van der Waals surface area contributed by atoms with Crippen LogP contribution in [-0.2, 0) is 21.2 Å². The van der Waals surface area contributed by atoms with Crippen molar-refractivity contribution in [2.24, 2.45) is 0 Å². The Hall–Kier alpha value is -2.34. The topological polar surface area (TPSA) is 83.5 Å². The van der Waals surface area contributed by atoms with Gasteiger partial charge in [-0.3, -0.25) is 9.52 Å². The number of carboxylic acids is 1. The molecule has 0 saturated heterocycles. The molecule has 6 heteroatoms. The van der Waals surface area contributed by atoms with Gasteiger partial charge in [-0.1, -0.05) is 29.8 Å². The number of sulfonamides is 1. The first kappa shape index (κ1) is 16.0. The smallest absolute Gasteiger partial charge is 0.307 e. The van der Waals surface area contributed by atoms with Crippen molar-refractivity contribution in [3.63, 3.8) is 0 Å². The van der Waals surface area contributed by atoms with Crippen molar-refractivity contribution >= 4 is 21.7 Å². The predicted molar refractivity (Wildman–Crippen MR) is 84.5 cm³/mol. The maximum Gasteiger partial charge on any atom is 0.307 e. The van der Waals surface area contributed by atoms with E-state index >= 15 is 0 Å². The van der Waals surface area contributed by atoms with Gasteiger partial charge in [0.25, 0.3) is 10.0 Å². The van der Waals surface area contributed by atoms with Crippen LogP contribution >= 0.6 is 0 Å². The molecule has 0 fully saturated rings. The molecule has 2 rings (SSSR count). The Balaban J connectivity index is 2.32. The Labute approximate surface area is 129 Å². The van der Waals surface area contributed by atoms with E-state index in [2.05, 4.69) is 4.72 Å². The van der Waals surface area contributed by atoms with Crippen molar-refractivity contribution in [1.29, 1.82) is 0 Å². The van der Waals surface area contributed by atoms with Crippen molar-refractivity contribution < 1.29 is 18.3 Å². The largest absolute Gasteiger partial charge is 0.481 e. The predicted octanol–water partition coefficient (Wildman–Crippen LogP) is 2.73. The lowest BCUT2D eigenvalue weighted by Gasteiger charge is -2.12. The van der Waals surface area contributed by atoms with Crippen LogP contribution in [-0.4, -0.2) is 19.5 Å². The Kier molecular flexibility index (Phi) is 4.51. The van der Waals surface area contributed by atoms with Crippen LogP contribution < -0.4 is 4.72 Å². The minimum atomic E-state index is -3.70. The number of nitrogens with one attached hydrogen (secondary N) is 1. The van der Waals surface area contributed by atoms with E-state index in [1.54, 1.807) is 37.3 Å². The van der Waals surface area contributed by atoms with E-state index in [9.17, 15) is 13.2 Å². The maximum atomic E-state index is 12.4. The van der Waals surface area contributed by atoms with Crippen LogP contribution in [0.4, 0.5) is 5.69 Å². The zero-order valence-electron chi connectivity index (χ0n) is 12.3. The zero-order valence-corrected chi connectivity index (χ0v) is 13.1. The molecule has 2 aromatic carbocycles. The fourth-order valence-electron chi connectivity index (χ4n) is 1.98. The standard InChI is InChI=1S/C16H17NO4S/c1-11-3-7-14(8-4-11)22(20,21)17-15-9-13(10-16(18)19)6-5-12(15)2/h3-9,17H,10H2,1-2H3,(H,18,19). The Morgan fingerprint density at radius 1 is 1.09 bits per heavy atom. The summed E-state index contributed by atoms with van der Waals surface area (Å²) in [6, 6.07) is 11.4. The van der Waals surface area contributed by atoms with Crippen molar-refractivity contribution in [2.75, 3.05) is 4.72 Å². The SMILES string of the molecule is Cc1ccc(S(=O)(=O)Nc2cc(CC(=O)O)ccc2C)cc1. The Bertz CT molecular complexity index is 795. The molecule has 0 aromatic heterocycles. The molecular weight excluding hydrogens is 302 g/mol. The lowest BCUT2D eigenvalue weighted by molar-refractivity contribution is -0.136. The molecule has 2 aromatic rings. The van der Waals surface area contributed by atoms with E-state index in [1.807, 2.05) is 6.92 Å². The molecule has 0 unspecified atom stereocenters. The van der Waals surface area contributed by atoms with Gasteiger partial charge in [-0.2, -0.15) is 0 Å². The fourth-order valence-corrected chi connectivity index (χ4v) is 3.11. The van der Waals surface area contributed by atoms with Crippen LogP contribution in [0, 0.1) is 13.8 Å². The fraction of sp³-hybridized carbons (Fsp3) is 0.188. The van der Waals surface area contributed by atoms with Crippen LogP contribution in [0.25, 0.3) is 0 Å². The van der Waals surface area contributed by atoms with Crippen LogP contribution in [0.3, 0.4) is 0 Å². The number of hydrogen-bond acceptors (Lipinski definition) is 3. The quantitative estimate of drug-likeness (QED) is 0.887. The second-order valence-corrected chi connectivity index (χ2v) is 6.82. The third kappa shape index (κ3) is 3.85. The summed E-state index contributed by atoms with van der Waals surface area (Å²) in [4.78, 5) is 10.9. The highest BCUT2D eigenvalue weighted by molar-refractivity contribution is 7.92. The summed E-state index contributed by atoms with van der Waals surface area (Å²) < 4.78 is 27.3. The number of aliphatic carboxylic acids is 1. The molecule has 0 atom stereocenters. The number of benzene rings is 2. The molecular formula is C16H17NO4S. The van der Waals surface area contributed by atoms with Gasteiger partial charge in [0.2, 0.25) is 0 Å². The van der Waals surface area contributed by atoms with Gasteiger partial charge in [0.1, 0.15) is 0 Å². The lowest BCUT2D eigenvalue weighted by atomic mass is 10.1. The molecule has 22 heavy (non-hydrogen) atoms. The summed E-state index contributed by atoms with van der Waals surface area (Å²) in [5.41, 5.74) is 2.63. The van der Waals surface area contributed by atoms with Crippen molar-refractivity contribution in [3.8, 4) is 0 Å². The lowest BCUT2D eigenvalue weighted by Crippen LogP contribution is -2.14. The van der Waals surface area contributed by atoms with Crippen LogP contribution in [0.15, 0.2) is 47.4 Å². The molecule has 2 N–H and O–H groups in total. The van der Waals surface area contributed by atoms with Gasteiger partial charge in [-0.15, -0.1) is 0 Å². The molecule has 0 heterocycles. The van der Waals surface area contributed by atoms with E-state index in [4.69, 9.17) is 5.11 Å². The van der Waals surface area contributed by atoms with Gasteiger partial charge in [-0.25, -0.2) is 8.42 Å². The Morgan fingerprint density at radius 2 is 1.73 bits per heavy atom. The van der Waals surface area contributed by atoms with Crippen LogP contribution in [0.2, 0.25) is 0 Å². The summed E-state index contributed by atoms with van der Waals surface area (Å²) in [5, 5.41) is 8.83. The highest BCUT2D eigenvalue weighted by atomic mass is 32.2. The summed E-state index contributed by atoms with van der Waals surface area (Å²) in [6.07, 6.45) is -0.153. The van der Waals surface area contributed by atoms with Crippen LogP contribution in [0.1, 0.15) is 16.7 Å². The summed E-state index contributed by atoms with van der Waals surface area (Å²) in [6.45, 7) is 3.64. The first-order chi connectivity index (χ1) is 10.3. The third-order valence-electron chi connectivity index (χ3n) is 3.23. The zero-order chi connectivity index (χ0) is 16.3. The maximum absolute atomic E-state index is 12.4. The van der Waals surface area contributed by atoms with Crippen molar-refractivity contribution in [2.45, 2.75) is 25.2 Å². The number of hydrogen-bond donors (Lipinski definition) is 2. The van der Waals surface area contributed by atoms with Gasteiger partial charge in [-0.05, 0) is 43.2 Å². The number of carboxylic acid groups (broad SMARTS) is 1. The molecule has 0 saturated carbocycles.